The van der Waals surface area contributed by atoms with Gasteiger partial charge < -0.3 is 13.6 Å². The summed E-state index contributed by atoms with van der Waals surface area (Å²) in [5.41, 5.74) is 2.10. The number of ether oxygens (including phenoxy) is 1. The number of hydrogen-bond donors (Lipinski definition) is 0. The minimum atomic E-state index is -1.81. The molecular weight excluding hydrogens is 468 g/mol. The summed E-state index contributed by atoms with van der Waals surface area (Å²) in [6, 6.07) is 20.6. The predicted molar refractivity (Wildman–Crippen MR) is 153 cm³/mol. The second-order valence-electron chi connectivity index (χ2n) is 9.16. The second-order valence-corrected chi connectivity index (χ2v) is 18.5. The van der Waals surface area contributed by atoms with Gasteiger partial charge in [-0.3, -0.25) is 4.79 Å². The van der Waals surface area contributed by atoms with E-state index in [-0.39, 0.29) is 5.97 Å². The number of carbonyl (C=O) groups excluding carboxylic acids is 1. The molecule has 192 valence electrons. The summed E-state index contributed by atoms with van der Waals surface area (Å²) in [5, 5.41) is 0. The molecule has 6 heteroatoms. The van der Waals surface area contributed by atoms with Gasteiger partial charge in [0.05, 0.1) is 0 Å². The minimum Gasteiger partial charge on any atom is -0.543 e. The van der Waals surface area contributed by atoms with Crippen molar-refractivity contribution in [1.29, 1.82) is 0 Å². The molecule has 0 unspecified atom stereocenters. The Morgan fingerprint density at radius 2 is 1.06 bits per heavy atom. The zero-order valence-corrected chi connectivity index (χ0v) is 24.8. The Hall–Kier alpha value is -2.32. The van der Waals surface area contributed by atoms with Crippen LogP contribution in [0.1, 0.15) is 66.0 Å². The lowest BCUT2D eigenvalue weighted by Crippen LogP contribution is -2.40. The molecule has 0 bridgehead atoms. The molecule has 0 fully saturated rings. The fourth-order valence-corrected chi connectivity index (χ4v) is 9.39. The fourth-order valence-electron chi connectivity index (χ4n) is 4.28. The molecule has 2 aromatic carbocycles. The van der Waals surface area contributed by atoms with Crippen LogP contribution < -0.4 is 13.6 Å². The standard InChI is InChI=1S/C29H44O4Si2/c1-8-29(30)31-26-19-17-24(18-20-26)15-16-25-21-27(32-34(9-2,10-3)11-4)23-28(22-25)33-35(12-5,13-6)14-7/h15-23H,8-14H2,1-7H3/b16-15+. The molecule has 0 aromatic heterocycles. The van der Waals surface area contributed by atoms with Crippen LogP contribution in [0.3, 0.4) is 0 Å². The Kier molecular flexibility index (Phi) is 11.3. The summed E-state index contributed by atoms with van der Waals surface area (Å²) < 4.78 is 18.8. The Balaban J connectivity index is 2.38. The SMILES string of the molecule is CCC(=O)Oc1ccc(/C=C/c2cc(O[Si](CC)(CC)CC)cc(O[Si](CC)(CC)CC)c2)cc1. The maximum Gasteiger partial charge on any atom is 0.310 e. The van der Waals surface area contributed by atoms with Gasteiger partial charge in [-0.05, 0) is 71.7 Å². The molecule has 0 N–H and O–H groups in total. The van der Waals surface area contributed by atoms with Crippen LogP contribution in [0.5, 0.6) is 17.2 Å². The summed E-state index contributed by atoms with van der Waals surface area (Å²) in [4.78, 5) is 11.5. The van der Waals surface area contributed by atoms with Crippen molar-refractivity contribution in [3.63, 3.8) is 0 Å². The molecule has 0 saturated heterocycles. The van der Waals surface area contributed by atoms with E-state index in [1.807, 2.05) is 24.3 Å². The topological polar surface area (TPSA) is 44.8 Å². The first-order valence-electron chi connectivity index (χ1n) is 13.3. The monoisotopic (exact) mass is 512 g/mol. The molecule has 0 atom stereocenters. The number of hydrogen-bond acceptors (Lipinski definition) is 4. The van der Waals surface area contributed by atoms with Gasteiger partial charge in [0.25, 0.3) is 0 Å². The molecule has 0 aliphatic heterocycles. The number of rotatable bonds is 14. The van der Waals surface area contributed by atoms with E-state index in [1.165, 1.54) is 0 Å². The van der Waals surface area contributed by atoms with Gasteiger partial charge in [0.1, 0.15) is 17.2 Å². The van der Waals surface area contributed by atoms with E-state index in [2.05, 4.69) is 71.9 Å². The third-order valence-electron chi connectivity index (χ3n) is 7.31. The van der Waals surface area contributed by atoms with Gasteiger partial charge in [-0.1, -0.05) is 72.8 Å². The van der Waals surface area contributed by atoms with Crippen LogP contribution in [-0.4, -0.2) is 22.6 Å². The van der Waals surface area contributed by atoms with Crippen molar-refractivity contribution in [2.24, 2.45) is 0 Å². The molecule has 35 heavy (non-hydrogen) atoms. The van der Waals surface area contributed by atoms with Crippen LogP contribution in [0.4, 0.5) is 0 Å². The van der Waals surface area contributed by atoms with Gasteiger partial charge in [-0.25, -0.2) is 0 Å². The first-order valence-corrected chi connectivity index (χ1v) is 18.4. The summed E-state index contributed by atoms with van der Waals surface area (Å²) >= 11 is 0. The zero-order valence-electron chi connectivity index (χ0n) is 22.8. The maximum atomic E-state index is 11.5. The van der Waals surface area contributed by atoms with E-state index in [9.17, 15) is 4.79 Å². The van der Waals surface area contributed by atoms with Gasteiger partial charge in [0.15, 0.2) is 0 Å². The average molecular weight is 513 g/mol. The largest absolute Gasteiger partial charge is 0.543 e. The van der Waals surface area contributed by atoms with Crippen molar-refractivity contribution in [2.45, 2.75) is 91.2 Å². The highest BCUT2D eigenvalue weighted by Crippen LogP contribution is 2.33. The minimum absolute atomic E-state index is 0.227. The molecule has 4 nitrogen and oxygen atoms in total. The molecule has 0 spiro atoms. The highest BCUT2D eigenvalue weighted by Gasteiger charge is 2.33. The van der Waals surface area contributed by atoms with Crippen LogP contribution in [0.2, 0.25) is 36.3 Å². The van der Waals surface area contributed by atoms with Crippen LogP contribution >= 0.6 is 0 Å². The zero-order chi connectivity index (χ0) is 25.9. The molecule has 0 aliphatic carbocycles. The molecule has 0 heterocycles. The smallest absolute Gasteiger partial charge is 0.310 e. The van der Waals surface area contributed by atoms with Crippen molar-refractivity contribution < 1.29 is 18.4 Å². The quantitative estimate of drug-likeness (QED) is 0.110. The van der Waals surface area contributed by atoms with E-state index in [4.69, 9.17) is 13.6 Å². The van der Waals surface area contributed by atoms with Gasteiger partial charge in [-0.2, -0.15) is 0 Å². The van der Waals surface area contributed by atoms with Gasteiger partial charge in [-0.15, -0.1) is 0 Å². The summed E-state index contributed by atoms with van der Waals surface area (Å²) in [6.07, 6.45) is 4.54. The maximum absolute atomic E-state index is 11.5. The van der Waals surface area contributed by atoms with Gasteiger partial charge >= 0.3 is 5.97 Å². The third-order valence-corrected chi connectivity index (χ3v) is 16.4. The molecule has 0 radical (unpaired) electrons. The first-order chi connectivity index (χ1) is 16.8. The van der Waals surface area contributed by atoms with Crippen molar-refractivity contribution in [3.8, 4) is 17.2 Å². The highest BCUT2D eigenvalue weighted by atomic mass is 28.4. The number of esters is 1. The molecule has 2 rings (SSSR count). The van der Waals surface area contributed by atoms with E-state index >= 15 is 0 Å². The third kappa shape index (κ3) is 8.11. The van der Waals surface area contributed by atoms with Crippen molar-refractivity contribution in [1.82, 2.24) is 0 Å². The molecule has 0 aliphatic rings. The van der Waals surface area contributed by atoms with Gasteiger partial charge in [0, 0.05) is 12.5 Å². The van der Waals surface area contributed by atoms with E-state index in [1.54, 1.807) is 6.92 Å². The van der Waals surface area contributed by atoms with Crippen LogP contribution in [0, 0.1) is 0 Å². The van der Waals surface area contributed by atoms with Crippen molar-refractivity contribution >= 4 is 34.8 Å². The van der Waals surface area contributed by atoms with E-state index in [0.717, 1.165) is 58.9 Å². The van der Waals surface area contributed by atoms with Crippen LogP contribution in [0.25, 0.3) is 12.2 Å². The fraction of sp³-hybridized carbons (Fsp3) is 0.483. The van der Waals surface area contributed by atoms with Crippen LogP contribution in [0.15, 0.2) is 42.5 Å². The molecule has 0 saturated carbocycles. The summed E-state index contributed by atoms with van der Waals surface area (Å²) in [6.45, 7) is 15.3. The Labute approximate surface area is 215 Å². The van der Waals surface area contributed by atoms with E-state index in [0.29, 0.717) is 12.2 Å². The molecule has 0 amide bonds. The van der Waals surface area contributed by atoms with Crippen molar-refractivity contribution in [3.05, 3.63) is 53.6 Å². The second kappa shape index (κ2) is 13.7. The summed E-state index contributed by atoms with van der Waals surface area (Å²) in [5.74, 6) is 2.19. The highest BCUT2D eigenvalue weighted by molar-refractivity contribution is 6.74. The lowest BCUT2D eigenvalue weighted by molar-refractivity contribution is -0.134. The average Bonchev–Trinajstić information content (AvgIpc) is 2.90. The normalized spacial score (nSPS) is 12.1. The molecule has 2 aromatic rings. The molecular formula is C29H44O4Si2. The van der Waals surface area contributed by atoms with Gasteiger partial charge in [0.2, 0.25) is 16.6 Å². The predicted octanol–water partition coefficient (Wildman–Crippen LogP) is 8.94. The van der Waals surface area contributed by atoms with Crippen LogP contribution in [-0.2, 0) is 4.79 Å². The lowest BCUT2D eigenvalue weighted by Gasteiger charge is -2.31. The number of benzene rings is 2. The lowest BCUT2D eigenvalue weighted by atomic mass is 10.1. The Bertz CT molecular complexity index is 904. The Morgan fingerprint density at radius 3 is 1.46 bits per heavy atom. The Morgan fingerprint density at radius 1 is 0.629 bits per heavy atom. The number of carbonyl (C=O) groups is 1. The van der Waals surface area contributed by atoms with E-state index < -0.39 is 16.6 Å². The van der Waals surface area contributed by atoms with Crippen molar-refractivity contribution in [2.75, 3.05) is 0 Å². The first kappa shape index (κ1) is 28.9. The summed E-state index contributed by atoms with van der Waals surface area (Å²) in [7, 11) is -3.61.